The van der Waals surface area contributed by atoms with Gasteiger partial charge in [0.1, 0.15) is 0 Å². The fourth-order valence-electron chi connectivity index (χ4n) is 2.45. The second-order valence-electron chi connectivity index (χ2n) is 5.96. The monoisotopic (exact) mass is 375 g/mol. The number of likely N-dealkylation sites (N-methyl/N-ethyl adjacent to an activating group) is 1. The smallest absolute Gasteiger partial charge is 0.248 e. The molecule has 8 heteroatoms. The van der Waals surface area contributed by atoms with Crippen LogP contribution in [0.2, 0.25) is 0 Å². The van der Waals surface area contributed by atoms with Crippen molar-refractivity contribution in [3.05, 3.63) is 59.2 Å². The molecule has 0 heterocycles. The molecule has 0 spiro atoms. The van der Waals surface area contributed by atoms with Crippen molar-refractivity contribution in [2.24, 2.45) is 5.73 Å². The molecule has 7 nitrogen and oxygen atoms in total. The summed E-state index contributed by atoms with van der Waals surface area (Å²) in [6.07, 6.45) is 0. The van der Waals surface area contributed by atoms with E-state index in [0.717, 1.165) is 15.4 Å². The van der Waals surface area contributed by atoms with Crippen LogP contribution in [0.25, 0.3) is 0 Å². The summed E-state index contributed by atoms with van der Waals surface area (Å²) in [5.41, 5.74) is 7.82. The van der Waals surface area contributed by atoms with Gasteiger partial charge in [0.25, 0.3) is 0 Å². The van der Waals surface area contributed by atoms with Crippen molar-refractivity contribution in [2.45, 2.75) is 18.7 Å². The van der Waals surface area contributed by atoms with Gasteiger partial charge in [-0.25, -0.2) is 8.42 Å². The molecule has 0 saturated heterocycles. The molecule has 0 fully saturated rings. The van der Waals surface area contributed by atoms with Crippen LogP contribution in [-0.4, -0.2) is 38.1 Å². The first-order valence-corrected chi connectivity index (χ1v) is 9.29. The molecular weight excluding hydrogens is 354 g/mol. The van der Waals surface area contributed by atoms with Crippen molar-refractivity contribution in [1.29, 1.82) is 0 Å². The number of anilines is 1. The molecule has 0 unspecified atom stereocenters. The van der Waals surface area contributed by atoms with Crippen molar-refractivity contribution in [1.82, 2.24) is 4.31 Å². The quantitative estimate of drug-likeness (QED) is 0.800. The number of amides is 2. The second-order valence-corrected chi connectivity index (χ2v) is 8.01. The molecule has 0 atom stereocenters. The van der Waals surface area contributed by atoms with Crippen molar-refractivity contribution >= 4 is 27.5 Å². The van der Waals surface area contributed by atoms with E-state index in [1.165, 1.54) is 31.3 Å². The number of carbonyl (C=O) groups is 2. The van der Waals surface area contributed by atoms with Gasteiger partial charge in [0.05, 0.1) is 11.4 Å². The number of rotatable bonds is 6. The summed E-state index contributed by atoms with van der Waals surface area (Å²) in [6, 6.07) is 10.9. The van der Waals surface area contributed by atoms with Crippen molar-refractivity contribution < 1.29 is 18.0 Å². The summed E-state index contributed by atoms with van der Waals surface area (Å²) in [7, 11) is -2.55. The van der Waals surface area contributed by atoms with Crippen molar-refractivity contribution in [3.8, 4) is 0 Å². The number of nitrogens with zero attached hydrogens (tertiary/aromatic N) is 1. The summed E-state index contributed by atoms with van der Waals surface area (Å²) >= 11 is 0. The summed E-state index contributed by atoms with van der Waals surface area (Å²) in [6.45, 7) is 3.39. The number of para-hydroxylation sites is 1. The zero-order chi connectivity index (χ0) is 19.5. The number of benzene rings is 2. The molecule has 0 radical (unpaired) electrons. The lowest BCUT2D eigenvalue weighted by Gasteiger charge is -2.18. The molecule has 2 aromatic carbocycles. The molecule has 0 aliphatic carbocycles. The number of nitrogens with one attached hydrogen (secondary N) is 1. The number of carbonyl (C=O) groups excluding carboxylic acids is 2. The molecule has 0 aromatic heterocycles. The molecule has 138 valence electrons. The van der Waals surface area contributed by atoms with Gasteiger partial charge in [-0.1, -0.05) is 18.2 Å². The maximum atomic E-state index is 12.6. The van der Waals surface area contributed by atoms with Gasteiger partial charge in [0.15, 0.2) is 0 Å². The van der Waals surface area contributed by atoms with Gasteiger partial charge in [-0.2, -0.15) is 4.31 Å². The predicted molar refractivity (Wildman–Crippen MR) is 99.3 cm³/mol. The maximum Gasteiger partial charge on any atom is 0.248 e. The Morgan fingerprint density at radius 1 is 1.04 bits per heavy atom. The number of nitrogens with two attached hydrogens (primary N) is 1. The Hall–Kier alpha value is -2.71. The molecule has 26 heavy (non-hydrogen) atoms. The van der Waals surface area contributed by atoms with Crippen LogP contribution in [0.4, 0.5) is 5.69 Å². The van der Waals surface area contributed by atoms with E-state index in [1.54, 1.807) is 0 Å². The second kappa shape index (κ2) is 7.67. The molecular formula is C18H21N3O4S. The van der Waals surface area contributed by atoms with Crippen LogP contribution in [0.15, 0.2) is 47.4 Å². The molecule has 2 amide bonds. The first-order chi connectivity index (χ1) is 12.1. The number of hydrogen-bond donors (Lipinski definition) is 2. The first-order valence-electron chi connectivity index (χ1n) is 7.85. The van der Waals surface area contributed by atoms with E-state index >= 15 is 0 Å². The van der Waals surface area contributed by atoms with E-state index in [4.69, 9.17) is 5.73 Å². The largest absolute Gasteiger partial charge is 0.366 e. The minimum atomic E-state index is -3.87. The number of aryl methyl sites for hydroxylation is 2. The lowest BCUT2D eigenvalue weighted by Crippen LogP contribution is -2.35. The van der Waals surface area contributed by atoms with Gasteiger partial charge in [0.2, 0.25) is 21.8 Å². The van der Waals surface area contributed by atoms with Crippen LogP contribution >= 0.6 is 0 Å². The summed E-state index contributed by atoms with van der Waals surface area (Å²) in [4.78, 5) is 23.3. The molecule has 3 N–H and O–H groups in total. The van der Waals surface area contributed by atoms with E-state index in [1.807, 2.05) is 32.0 Å². The summed E-state index contributed by atoms with van der Waals surface area (Å²) < 4.78 is 26.1. The highest BCUT2D eigenvalue weighted by Gasteiger charge is 2.23. The van der Waals surface area contributed by atoms with Gasteiger partial charge >= 0.3 is 0 Å². The Labute approximate surface area is 152 Å². The van der Waals surface area contributed by atoms with E-state index in [2.05, 4.69) is 5.32 Å². The Bertz CT molecular complexity index is 917. The fourth-order valence-corrected chi connectivity index (χ4v) is 3.58. The lowest BCUT2D eigenvalue weighted by molar-refractivity contribution is -0.116. The van der Waals surface area contributed by atoms with E-state index in [0.29, 0.717) is 5.69 Å². The SMILES string of the molecule is Cc1cccc(C)c1NC(=O)CN(C)S(=O)(=O)c1ccc(C(N)=O)cc1. The number of primary amides is 1. The first kappa shape index (κ1) is 19.6. The van der Waals surface area contributed by atoms with Crippen molar-refractivity contribution in [2.75, 3.05) is 18.9 Å². The standard InChI is InChI=1S/C18H21N3O4S/c1-12-5-4-6-13(2)17(12)20-16(22)11-21(3)26(24,25)15-9-7-14(8-10-15)18(19)23/h4-10H,11H2,1-3H3,(H2,19,23)(H,20,22). The van der Waals surface area contributed by atoms with Crippen LogP contribution in [0, 0.1) is 13.8 Å². The molecule has 0 bridgehead atoms. The normalized spacial score (nSPS) is 11.4. The Morgan fingerprint density at radius 2 is 1.58 bits per heavy atom. The third-order valence-electron chi connectivity index (χ3n) is 3.96. The van der Waals surface area contributed by atoms with Gasteiger partial charge in [-0.15, -0.1) is 0 Å². The predicted octanol–water partition coefficient (Wildman–Crippen LogP) is 1.66. The highest BCUT2D eigenvalue weighted by molar-refractivity contribution is 7.89. The summed E-state index contributed by atoms with van der Waals surface area (Å²) in [5.74, 6) is -1.09. The van der Waals surface area contributed by atoms with Crippen LogP contribution in [0.3, 0.4) is 0 Å². The van der Waals surface area contributed by atoms with Gasteiger partial charge in [0, 0.05) is 18.3 Å². The Balaban J connectivity index is 2.13. The van der Waals surface area contributed by atoms with Gasteiger partial charge < -0.3 is 11.1 Å². The lowest BCUT2D eigenvalue weighted by atomic mass is 10.1. The highest BCUT2D eigenvalue weighted by atomic mass is 32.2. The minimum Gasteiger partial charge on any atom is -0.366 e. The van der Waals surface area contributed by atoms with Gasteiger partial charge in [-0.05, 0) is 49.2 Å². The van der Waals surface area contributed by atoms with Crippen LogP contribution < -0.4 is 11.1 Å². The zero-order valence-corrected chi connectivity index (χ0v) is 15.6. The average molecular weight is 375 g/mol. The molecule has 0 aliphatic rings. The number of hydrogen-bond acceptors (Lipinski definition) is 4. The average Bonchev–Trinajstić information content (AvgIpc) is 2.58. The zero-order valence-electron chi connectivity index (χ0n) is 14.8. The Morgan fingerprint density at radius 3 is 2.08 bits per heavy atom. The molecule has 2 rings (SSSR count). The fraction of sp³-hybridized carbons (Fsp3) is 0.222. The Kier molecular flexibility index (Phi) is 5.79. The van der Waals surface area contributed by atoms with E-state index < -0.39 is 21.8 Å². The topological polar surface area (TPSA) is 110 Å². The van der Waals surface area contributed by atoms with Crippen molar-refractivity contribution in [3.63, 3.8) is 0 Å². The van der Waals surface area contributed by atoms with E-state index in [9.17, 15) is 18.0 Å². The maximum absolute atomic E-state index is 12.6. The highest BCUT2D eigenvalue weighted by Crippen LogP contribution is 2.20. The third-order valence-corrected chi connectivity index (χ3v) is 5.78. The third kappa shape index (κ3) is 4.27. The van der Waals surface area contributed by atoms with Gasteiger partial charge in [-0.3, -0.25) is 9.59 Å². The molecule has 0 saturated carbocycles. The molecule has 0 aliphatic heterocycles. The van der Waals surface area contributed by atoms with Crippen LogP contribution in [0.5, 0.6) is 0 Å². The minimum absolute atomic E-state index is 0.0233. The number of sulfonamides is 1. The molecule has 2 aromatic rings. The van der Waals surface area contributed by atoms with Crippen LogP contribution in [-0.2, 0) is 14.8 Å². The van der Waals surface area contributed by atoms with Crippen LogP contribution in [0.1, 0.15) is 21.5 Å². The summed E-state index contributed by atoms with van der Waals surface area (Å²) in [5, 5.41) is 2.75. The van der Waals surface area contributed by atoms with E-state index in [-0.39, 0.29) is 17.0 Å².